The molecule has 43 heavy (non-hydrogen) atoms. The van der Waals surface area contributed by atoms with Crippen molar-refractivity contribution in [3.05, 3.63) is 71.0 Å². The zero-order chi connectivity index (χ0) is 32.6. The fraction of sp³-hybridized carbons (Fsp3) is 0.517. The van der Waals surface area contributed by atoms with Crippen molar-refractivity contribution in [1.29, 1.82) is 0 Å². The number of alkyl halides is 6. The van der Waals surface area contributed by atoms with Crippen LogP contribution in [0.15, 0.2) is 53.6 Å². The molecule has 3 N–H and O–H groups in total. The number of hydrogen-bond acceptors (Lipinski definition) is 5. The van der Waals surface area contributed by atoms with Crippen LogP contribution in [0, 0.1) is 5.82 Å². The maximum absolute atomic E-state index is 13.3. The first-order valence-corrected chi connectivity index (χ1v) is 13.6. The third-order valence-corrected chi connectivity index (χ3v) is 5.95. The van der Waals surface area contributed by atoms with Crippen molar-refractivity contribution in [3.63, 3.8) is 0 Å². The summed E-state index contributed by atoms with van der Waals surface area (Å²) in [5.41, 5.74) is 5.00. The maximum atomic E-state index is 13.3. The number of ether oxygens (including phenoxy) is 2. The average Bonchev–Trinajstić information content (AvgIpc) is 2.94. The number of unbranched alkanes of at least 4 members (excludes halogenated alkanes) is 1. The van der Waals surface area contributed by atoms with Crippen LogP contribution < -0.4 is 11.2 Å². The molecule has 14 heteroatoms. The number of nitrogens with two attached hydrogens (primary N) is 1. The van der Waals surface area contributed by atoms with Gasteiger partial charge in [0.25, 0.3) is 0 Å². The van der Waals surface area contributed by atoms with Gasteiger partial charge < -0.3 is 15.2 Å². The molecule has 1 amide bonds. The number of halogens is 7. The summed E-state index contributed by atoms with van der Waals surface area (Å²) in [5, 5.41) is 3.73. The van der Waals surface area contributed by atoms with Gasteiger partial charge in [-0.05, 0) is 62.2 Å². The molecule has 0 heterocycles. The molecule has 0 saturated carbocycles. The van der Waals surface area contributed by atoms with Gasteiger partial charge in [-0.25, -0.2) is 14.6 Å². The number of nitrogens with one attached hydrogen (secondary N) is 1. The van der Waals surface area contributed by atoms with Gasteiger partial charge in [0.15, 0.2) is 0 Å². The Bertz CT molecular complexity index is 1100. The van der Waals surface area contributed by atoms with Gasteiger partial charge in [0.05, 0.1) is 37.0 Å². The highest BCUT2D eigenvalue weighted by atomic mass is 19.4. The van der Waals surface area contributed by atoms with Gasteiger partial charge in [0.2, 0.25) is 0 Å². The van der Waals surface area contributed by atoms with E-state index in [9.17, 15) is 35.5 Å². The SMILES string of the molecule is CCCC[C@@H](CN(CCC)C/C(N)=N/NC(=O)OC)O[C@H](C)c1cc(C(F)(F)F)cc(C(F)(F)F)c1.Fc1ccccc1. The van der Waals surface area contributed by atoms with Gasteiger partial charge in [0, 0.05) is 6.54 Å². The summed E-state index contributed by atoms with van der Waals surface area (Å²) in [7, 11) is 1.17. The van der Waals surface area contributed by atoms with Crippen LogP contribution in [-0.4, -0.2) is 49.7 Å². The lowest BCUT2D eigenvalue weighted by atomic mass is 10.0. The molecule has 0 fully saturated rings. The summed E-state index contributed by atoms with van der Waals surface area (Å²) in [4.78, 5) is 13.1. The summed E-state index contributed by atoms with van der Waals surface area (Å²) in [5.74, 6) is -0.0914. The number of hydrogen-bond donors (Lipinski definition) is 2. The van der Waals surface area contributed by atoms with E-state index in [1.807, 2.05) is 18.7 Å². The van der Waals surface area contributed by atoms with E-state index in [0.29, 0.717) is 31.6 Å². The largest absolute Gasteiger partial charge is 0.452 e. The number of hydrazone groups is 1. The molecule has 0 aromatic heterocycles. The topological polar surface area (TPSA) is 89.2 Å². The molecule has 0 unspecified atom stereocenters. The molecule has 0 bridgehead atoms. The molecule has 0 aliphatic heterocycles. The Balaban J connectivity index is 0.00000115. The van der Waals surface area contributed by atoms with Crippen molar-refractivity contribution in [1.82, 2.24) is 10.3 Å². The first-order valence-electron chi connectivity index (χ1n) is 13.6. The van der Waals surface area contributed by atoms with Crippen LogP contribution in [0.1, 0.15) is 69.2 Å². The van der Waals surface area contributed by atoms with E-state index in [1.54, 1.807) is 18.2 Å². The Labute approximate surface area is 247 Å². The number of nitrogens with zero attached hydrogens (tertiary/aromatic N) is 2. The van der Waals surface area contributed by atoms with Gasteiger partial charge in [-0.1, -0.05) is 44.9 Å². The molecule has 2 atom stereocenters. The fourth-order valence-corrected chi connectivity index (χ4v) is 3.90. The molecule has 0 radical (unpaired) electrons. The van der Waals surface area contributed by atoms with Gasteiger partial charge in [-0.2, -0.15) is 31.4 Å². The Morgan fingerprint density at radius 2 is 1.58 bits per heavy atom. The number of methoxy groups -OCH3 is 1. The Morgan fingerprint density at radius 3 is 2.02 bits per heavy atom. The second-order valence-electron chi connectivity index (χ2n) is 9.62. The third-order valence-electron chi connectivity index (χ3n) is 5.95. The molecule has 0 spiro atoms. The zero-order valence-electron chi connectivity index (χ0n) is 24.6. The molecule has 7 nitrogen and oxygen atoms in total. The minimum absolute atomic E-state index is 0.0869. The van der Waals surface area contributed by atoms with Gasteiger partial charge in [0.1, 0.15) is 11.7 Å². The molecule has 2 rings (SSSR count). The first-order chi connectivity index (χ1) is 20.1. The van der Waals surface area contributed by atoms with Crippen molar-refractivity contribution in [2.45, 2.75) is 71.0 Å². The number of carbonyl (C=O) groups excluding carboxylic acids is 1. The summed E-state index contributed by atoms with van der Waals surface area (Å²) >= 11 is 0. The second kappa shape index (κ2) is 18.3. The van der Waals surface area contributed by atoms with Crippen LogP contribution in [0.5, 0.6) is 0 Å². The molecule has 0 saturated heterocycles. The standard InChI is InChI=1S/C23H34F6N4O3.C6H5F/c1-5-7-8-19(13-33(9-6-2)14-20(30)31-32-21(34)35-4)36-15(3)16-10-17(22(24,25)26)12-18(11-16)23(27,28)29;7-6-4-2-1-3-5-6/h10-12,15,19H,5-9,13-14H2,1-4H3,(H2,30,31)(H,32,34);1-5H/t15-,19+;/m1./s1. The van der Waals surface area contributed by atoms with E-state index >= 15 is 0 Å². The number of amides is 1. The summed E-state index contributed by atoms with van der Waals surface area (Å²) < 4.78 is 102. The monoisotopic (exact) mass is 624 g/mol. The predicted octanol–water partition coefficient (Wildman–Crippen LogP) is 7.53. The van der Waals surface area contributed by atoms with E-state index in [4.69, 9.17) is 10.5 Å². The fourth-order valence-electron chi connectivity index (χ4n) is 3.90. The van der Waals surface area contributed by atoms with Crippen molar-refractivity contribution in [2.75, 3.05) is 26.7 Å². The lowest BCUT2D eigenvalue weighted by Crippen LogP contribution is -2.41. The molecule has 242 valence electrons. The molecular weight excluding hydrogens is 585 g/mol. The van der Waals surface area contributed by atoms with E-state index in [0.717, 1.165) is 19.3 Å². The van der Waals surface area contributed by atoms with E-state index in [-0.39, 0.29) is 29.8 Å². The smallest absolute Gasteiger partial charge is 0.427 e. The summed E-state index contributed by atoms with van der Waals surface area (Å²) in [6.07, 6.45) is -9.40. The molecule has 2 aromatic rings. The Kier molecular flexibility index (Phi) is 16.0. The summed E-state index contributed by atoms with van der Waals surface area (Å²) in [6.45, 7) is 6.33. The number of carbonyl (C=O) groups is 1. The minimum Gasteiger partial charge on any atom is -0.452 e. The van der Waals surface area contributed by atoms with Gasteiger partial charge >= 0.3 is 18.4 Å². The normalized spacial score (nSPS) is 13.6. The van der Waals surface area contributed by atoms with Crippen LogP contribution in [0.4, 0.5) is 35.5 Å². The van der Waals surface area contributed by atoms with Crippen molar-refractivity contribution < 1.29 is 45.0 Å². The second-order valence-corrected chi connectivity index (χ2v) is 9.62. The lowest BCUT2D eigenvalue weighted by Gasteiger charge is -2.29. The third kappa shape index (κ3) is 15.1. The highest BCUT2D eigenvalue weighted by molar-refractivity contribution is 5.83. The highest BCUT2D eigenvalue weighted by Crippen LogP contribution is 2.38. The van der Waals surface area contributed by atoms with Gasteiger partial charge in [-0.15, -0.1) is 0 Å². The van der Waals surface area contributed by atoms with E-state index < -0.39 is 41.8 Å². The van der Waals surface area contributed by atoms with Crippen LogP contribution in [-0.2, 0) is 21.8 Å². The quantitative estimate of drug-likeness (QED) is 0.104. The Morgan fingerprint density at radius 1 is 1.00 bits per heavy atom. The van der Waals surface area contributed by atoms with Crippen LogP contribution in [0.3, 0.4) is 0 Å². The van der Waals surface area contributed by atoms with Crippen molar-refractivity contribution in [2.24, 2.45) is 10.8 Å². The summed E-state index contributed by atoms with van der Waals surface area (Å²) in [6, 6.07) is 9.40. The molecule has 2 aromatic carbocycles. The van der Waals surface area contributed by atoms with Crippen LogP contribution in [0.25, 0.3) is 0 Å². The molecular formula is C29H39F7N4O3. The number of benzene rings is 2. The minimum atomic E-state index is -4.94. The van der Waals surface area contributed by atoms with Crippen molar-refractivity contribution in [3.8, 4) is 0 Å². The molecule has 0 aliphatic rings. The van der Waals surface area contributed by atoms with Crippen LogP contribution in [0.2, 0.25) is 0 Å². The van der Waals surface area contributed by atoms with E-state index in [2.05, 4.69) is 15.3 Å². The number of rotatable bonds is 13. The highest BCUT2D eigenvalue weighted by Gasteiger charge is 2.37. The van der Waals surface area contributed by atoms with Crippen molar-refractivity contribution >= 4 is 11.9 Å². The van der Waals surface area contributed by atoms with Gasteiger partial charge in [-0.3, -0.25) is 4.90 Å². The predicted molar refractivity (Wildman–Crippen MR) is 150 cm³/mol. The maximum Gasteiger partial charge on any atom is 0.427 e. The lowest BCUT2D eigenvalue weighted by molar-refractivity contribution is -0.143. The average molecular weight is 625 g/mol. The Hall–Kier alpha value is -3.39. The van der Waals surface area contributed by atoms with Crippen LogP contribution >= 0.6 is 0 Å². The first kappa shape index (κ1) is 37.6. The zero-order valence-corrected chi connectivity index (χ0v) is 24.6. The number of amidine groups is 1. The van der Waals surface area contributed by atoms with E-state index in [1.165, 1.54) is 26.2 Å². The molecule has 0 aliphatic carbocycles.